The second-order valence-corrected chi connectivity index (χ2v) is 8.50. The molecule has 35 heavy (non-hydrogen) atoms. The van der Waals surface area contributed by atoms with Crippen LogP contribution in [0, 0.1) is 6.92 Å². The third-order valence-electron chi connectivity index (χ3n) is 6.52. The molecule has 2 aliphatic heterocycles. The summed E-state index contributed by atoms with van der Waals surface area (Å²) in [5, 5.41) is 0.680. The molecular formula is C28H18N2O5. The molecule has 2 heterocycles. The molecule has 0 atom stereocenters. The molecule has 0 aliphatic carbocycles. The fraction of sp³-hybridized carbons (Fsp3) is 0.0714. The molecule has 2 aliphatic rings. The number of carbonyl (C=O) groups is 4. The van der Waals surface area contributed by atoms with Gasteiger partial charge in [-0.1, -0.05) is 17.7 Å². The molecule has 7 nitrogen and oxygen atoms in total. The van der Waals surface area contributed by atoms with E-state index in [1.54, 1.807) is 60.7 Å². The van der Waals surface area contributed by atoms with Crippen LogP contribution in [0.5, 0.6) is 5.75 Å². The molecule has 170 valence electrons. The van der Waals surface area contributed by atoms with Crippen molar-refractivity contribution < 1.29 is 23.9 Å². The SMILES string of the molecule is COc1ccc(N2C(=O)c3ccc4c5c(ccc(c35)C2=O)C(=O)N(c2ccc(C)cc2)C4=O)cc1. The summed E-state index contributed by atoms with van der Waals surface area (Å²) in [6.45, 7) is 1.92. The van der Waals surface area contributed by atoms with Crippen LogP contribution in [-0.4, -0.2) is 30.7 Å². The van der Waals surface area contributed by atoms with Crippen molar-refractivity contribution in [2.45, 2.75) is 6.92 Å². The highest BCUT2D eigenvalue weighted by Crippen LogP contribution is 2.40. The van der Waals surface area contributed by atoms with E-state index >= 15 is 0 Å². The summed E-state index contributed by atoms with van der Waals surface area (Å²) >= 11 is 0. The maximum absolute atomic E-state index is 13.5. The number of carbonyl (C=O) groups excluding carboxylic acids is 4. The first-order chi connectivity index (χ1) is 16.9. The zero-order valence-electron chi connectivity index (χ0n) is 18.9. The van der Waals surface area contributed by atoms with E-state index < -0.39 is 23.6 Å². The topological polar surface area (TPSA) is 84.0 Å². The Labute approximate surface area is 200 Å². The highest BCUT2D eigenvalue weighted by molar-refractivity contribution is 6.42. The van der Waals surface area contributed by atoms with E-state index in [1.807, 2.05) is 19.1 Å². The number of nitrogens with zero attached hydrogens (tertiary/aromatic N) is 2. The van der Waals surface area contributed by atoms with Crippen molar-refractivity contribution in [3.63, 3.8) is 0 Å². The largest absolute Gasteiger partial charge is 0.497 e. The third-order valence-corrected chi connectivity index (χ3v) is 6.52. The Kier molecular flexibility index (Phi) is 4.38. The van der Waals surface area contributed by atoms with Gasteiger partial charge in [-0.25, -0.2) is 9.80 Å². The predicted molar refractivity (Wildman–Crippen MR) is 130 cm³/mol. The third kappa shape index (κ3) is 2.85. The first-order valence-corrected chi connectivity index (χ1v) is 11.0. The van der Waals surface area contributed by atoms with Crippen LogP contribution in [0.15, 0.2) is 72.8 Å². The second-order valence-electron chi connectivity index (χ2n) is 8.50. The molecule has 0 spiro atoms. The highest BCUT2D eigenvalue weighted by Gasteiger charge is 2.40. The van der Waals surface area contributed by atoms with E-state index in [4.69, 9.17) is 4.74 Å². The minimum Gasteiger partial charge on any atom is -0.497 e. The lowest BCUT2D eigenvalue weighted by Crippen LogP contribution is -2.43. The van der Waals surface area contributed by atoms with Gasteiger partial charge in [0, 0.05) is 33.0 Å². The smallest absolute Gasteiger partial charge is 0.265 e. The van der Waals surface area contributed by atoms with Gasteiger partial charge in [0.1, 0.15) is 5.75 Å². The minimum absolute atomic E-state index is 0.264. The molecule has 7 heteroatoms. The zero-order valence-corrected chi connectivity index (χ0v) is 18.9. The van der Waals surface area contributed by atoms with Gasteiger partial charge in [0.2, 0.25) is 0 Å². The molecule has 0 bridgehead atoms. The van der Waals surface area contributed by atoms with Crippen LogP contribution in [0.4, 0.5) is 11.4 Å². The lowest BCUT2D eigenvalue weighted by Gasteiger charge is -2.32. The fourth-order valence-electron chi connectivity index (χ4n) is 4.77. The molecule has 0 aromatic heterocycles. The van der Waals surface area contributed by atoms with Gasteiger partial charge >= 0.3 is 0 Å². The quantitative estimate of drug-likeness (QED) is 0.410. The minimum atomic E-state index is -0.516. The summed E-state index contributed by atoms with van der Waals surface area (Å²) in [5.74, 6) is -1.42. The summed E-state index contributed by atoms with van der Waals surface area (Å²) in [6, 6.07) is 19.9. The summed E-state index contributed by atoms with van der Waals surface area (Å²) in [6.07, 6.45) is 0. The van der Waals surface area contributed by atoms with Crippen LogP contribution in [0.2, 0.25) is 0 Å². The van der Waals surface area contributed by atoms with Crippen LogP contribution in [0.1, 0.15) is 47.0 Å². The summed E-state index contributed by atoms with van der Waals surface area (Å²) in [4.78, 5) is 56.1. The Morgan fingerprint density at radius 3 is 1.20 bits per heavy atom. The molecule has 4 aromatic rings. The number of anilines is 2. The van der Waals surface area contributed by atoms with Crippen molar-refractivity contribution in [1.82, 2.24) is 0 Å². The Bertz CT molecular complexity index is 1530. The van der Waals surface area contributed by atoms with Crippen LogP contribution < -0.4 is 14.5 Å². The van der Waals surface area contributed by atoms with Crippen LogP contribution >= 0.6 is 0 Å². The average Bonchev–Trinajstić information content (AvgIpc) is 2.87. The predicted octanol–water partition coefficient (Wildman–Crippen LogP) is 4.76. The van der Waals surface area contributed by atoms with Crippen molar-refractivity contribution in [3.8, 4) is 5.75 Å². The van der Waals surface area contributed by atoms with Crippen LogP contribution in [0.25, 0.3) is 10.8 Å². The fourth-order valence-corrected chi connectivity index (χ4v) is 4.77. The van der Waals surface area contributed by atoms with Gasteiger partial charge in [-0.3, -0.25) is 19.2 Å². The number of hydrogen-bond donors (Lipinski definition) is 0. The van der Waals surface area contributed by atoms with Gasteiger partial charge in [-0.15, -0.1) is 0 Å². The lowest BCUT2D eigenvalue weighted by molar-refractivity contribution is 0.0873. The van der Waals surface area contributed by atoms with Gasteiger partial charge in [-0.05, 0) is 67.6 Å². The van der Waals surface area contributed by atoms with Crippen molar-refractivity contribution in [3.05, 3.63) is 101 Å². The van der Waals surface area contributed by atoms with E-state index in [1.165, 1.54) is 7.11 Å². The molecule has 0 fully saturated rings. The number of aryl methyl sites for hydroxylation is 1. The maximum atomic E-state index is 13.5. The Hall–Kier alpha value is -4.78. The average molecular weight is 462 g/mol. The van der Waals surface area contributed by atoms with E-state index in [0.29, 0.717) is 27.9 Å². The van der Waals surface area contributed by atoms with E-state index in [-0.39, 0.29) is 22.3 Å². The molecule has 0 saturated heterocycles. The molecule has 0 unspecified atom stereocenters. The van der Waals surface area contributed by atoms with Gasteiger partial charge in [0.15, 0.2) is 0 Å². The van der Waals surface area contributed by atoms with Gasteiger partial charge < -0.3 is 4.74 Å². The molecule has 0 N–H and O–H groups in total. The van der Waals surface area contributed by atoms with E-state index in [0.717, 1.165) is 15.4 Å². The number of hydrogen-bond acceptors (Lipinski definition) is 5. The molecular weight excluding hydrogens is 444 g/mol. The number of amides is 4. The molecule has 4 aromatic carbocycles. The van der Waals surface area contributed by atoms with Crippen molar-refractivity contribution in [2.24, 2.45) is 0 Å². The molecule has 0 radical (unpaired) electrons. The lowest BCUT2D eigenvalue weighted by atomic mass is 9.85. The van der Waals surface area contributed by atoms with Gasteiger partial charge in [-0.2, -0.15) is 0 Å². The first kappa shape index (κ1) is 20.8. The molecule has 4 amide bonds. The summed E-state index contributed by atoms with van der Waals surface area (Å²) in [5.41, 5.74) is 2.95. The molecule has 6 rings (SSSR count). The Morgan fingerprint density at radius 2 is 0.857 bits per heavy atom. The number of imide groups is 2. The second kappa shape index (κ2) is 7.36. The summed E-state index contributed by atoms with van der Waals surface area (Å²) < 4.78 is 5.17. The van der Waals surface area contributed by atoms with Crippen LogP contribution in [0.3, 0.4) is 0 Å². The van der Waals surface area contributed by atoms with Crippen LogP contribution in [-0.2, 0) is 0 Å². The first-order valence-electron chi connectivity index (χ1n) is 11.0. The van der Waals surface area contributed by atoms with Crippen molar-refractivity contribution in [1.29, 1.82) is 0 Å². The van der Waals surface area contributed by atoms with Gasteiger partial charge in [0.05, 0.1) is 18.5 Å². The van der Waals surface area contributed by atoms with Gasteiger partial charge in [0.25, 0.3) is 23.6 Å². The van der Waals surface area contributed by atoms with E-state index in [2.05, 4.69) is 0 Å². The number of benzene rings is 4. The Morgan fingerprint density at radius 1 is 0.514 bits per heavy atom. The number of ether oxygens (including phenoxy) is 1. The van der Waals surface area contributed by atoms with E-state index in [9.17, 15) is 19.2 Å². The number of methoxy groups -OCH3 is 1. The molecule has 0 saturated carbocycles. The van der Waals surface area contributed by atoms with Crippen molar-refractivity contribution in [2.75, 3.05) is 16.9 Å². The monoisotopic (exact) mass is 462 g/mol. The standard InChI is InChI=1S/C28H18N2O5/c1-15-3-5-16(6-4-15)29-25(31)19-11-13-21-24-22(14-12-20(23(19)24)26(29)32)28(34)30(27(21)33)17-7-9-18(35-2)10-8-17/h3-14H,1-2H3. The highest BCUT2D eigenvalue weighted by atomic mass is 16.5. The van der Waals surface area contributed by atoms with Crippen molar-refractivity contribution >= 4 is 45.8 Å². The zero-order chi connectivity index (χ0) is 24.4. The maximum Gasteiger partial charge on any atom is 0.265 e. The number of rotatable bonds is 3. The normalized spacial score (nSPS) is 14.7. The summed E-state index contributed by atoms with van der Waals surface area (Å²) in [7, 11) is 1.53. The Balaban J connectivity index is 1.52.